The minimum atomic E-state index is -0.747. The number of carboxylic acid groups (broad SMARTS) is 1. The zero-order valence-electron chi connectivity index (χ0n) is 13.1. The standard InChI is InChI=1S/C16H28N2O3/c1-2-14(16(20)21)17-8-5-9-18(11-10-17)15(19)12-13-6-3-4-7-13/h13-14H,2-12H2,1H3,(H,20,21). The quantitative estimate of drug-likeness (QED) is 0.842. The van der Waals surface area contributed by atoms with Gasteiger partial charge >= 0.3 is 5.97 Å². The van der Waals surface area contributed by atoms with Gasteiger partial charge in [-0.3, -0.25) is 14.5 Å². The van der Waals surface area contributed by atoms with Crippen LogP contribution in [0.2, 0.25) is 0 Å². The van der Waals surface area contributed by atoms with Gasteiger partial charge in [0.05, 0.1) is 0 Å². The Labute approximate surface area is 127 Å². The SMILES string of the molecule is CCC(C(=O)O)N1CCCN(C(=O)CC2CCCC2)CC1. The van der Waals surface area contributed by atoms with Gasteiger partial charge < -0.3 is 10.0 Å². The van der Waals surface area contributed by atoms with Gasteiger partial charge in [0.1, 0.15) is 6.04 Å². The molecule has 1 unspecified atom stereocenters. The number of carbonyl (C=O) groups excluding carboxylic acids is 1. The second-order valence-electron chi connectivity index (χ2n) is 6.39. The summed E-state index contributed by atoms with van der Waals surface area (Å²) in [4.78, 5) is 27.6. The number of nitrogens with zero attached hydrogens (tertiary/aromatic N) is 2. The molecular formula is C16H28N2O3. The summed E-state index contributed by atoms with van der Waals surface area (Å²) in [6.45, 7) is 4.82. The molecule has 0 aromatic heterocycles. The normalized spacial score (nSPS) is 23.0. The summed E-state index contributed by atoms with van der Waals surface area (Å²) in [5.74, 6) is 0.106. The molecule has 1 saturated carbocycles. The Hall–Kier alpha value is -1.10. The molecule has 1 heterocycles. The summed E-state index contributed by atoms with van der Waals surface area (Å²) in [6, 6.07) is -0.408. The Morgan fingerprint density at radius 3 is 2.43 bits per heavy atom. The van der Waals surface area contributed by atoms with E-state index in [1.54, 1.807) is 0 Å². The topological polar surface area (TPSA) is 60.9 Å². The van der Waals surface area contributed by atoms with Crippen molar-refractivity contribution in [2.24, 2.45) is 5.92 Å². The van der Waals surface area contributed by atoms with E-state index in [0.717, 1.165) is 19.5 Å². The molecule has 2 fully saturated rings. The molecule has 0 aromatic rings. The van der Waals surface area contributed by atoms with Gasteiger partial charge in [0.15, 0.2) is 0 Å². The lowest BCUT2D eigenvalue weighted by atomic mass is 10.0. The van der Waals surface area contributed by atoms with Crippen LogP contribution >= 0.6 is 0 Å². The Morgan fingerprint density at radius 2 is 1.81 bits per heavy atom. The number of aliphatic carboxylic acids is 1. The molecule has 1 saturated heterocycles. The van der Waals surface area contributed by atoms with Crippen LogP contribution < -0.4 is 0 Å². The second-order valence-corrected chi connectivity index (χ2v) is 6.39. The molecule has 5 nitrogen and oxygen atoms in total. The van der Waals surface area contributed by atoms with Gasteiger partial charge in [-0.25, -0.2) is 0 Å². The molecule has 0 radical (unpaired) electrons. The van der Waals surface area contributed by atoms with Crippen LogP contribution in [0, 0.1) is 5.92 Å². The number of hydrogen-bond donors (Lipinski definition) is 1. The van der Waals surface area contributed by atoms with E-state index < -0.39 is 12.0 Å². The predicted octanol–water partition coefficient (Wildman–Crippen LogP) is 1.96. The van der Waals surface area contributed by atoms with Gasteiger partial charge in [0, 0.05) is 32.6 Å². The van der Waals surface area contributed by atoms with E-state index in [1.165, 1.54) is 25.7 Å². The first-order valence-electron chi connectivity index (χ1n) is 8.36. The van der Waals surface area contributed by atoms with Crippen LogP contribution in [0.1, 0.15) is 51.9 Å². The second kappa shape index (κ2) is 7.78. The Balaban J connectivity index is 1.84. The molecule has 21 heavy (non-hydrogen) atoms. The molecule has 2 aliphatic rings. The van der Waals surface area contributed by atoms with E-state index in [0.29, 0.717) is 31.8 Å². The fraction of sp³-hybridized carbons (Fsp3) is 0.875. The van der Waals surface area contributed by atoms with Crippen LogP contribution in [0.3, 0.4) is 0 Å². The van der Waals surface area contributed by atoms with Gasteiger partial charge in [-0.15, -0.1) is 0 Å². The van der Waals surface area contributed by atoms with Gasteiger partial charge in [0.2, 0.25) is 5.91 Å². The zero-order valence-corrected chi connectivity index (χ0v) is 13.1. The molecule has 0 bridgehead atoms. The number of carboxylic acids is 1. The first kappa shape index (κ1) is 16.3. The average Bonchev–Trinajstić information content (AvgIpc) is 2.83. The molecule has 2 rings (SSSR count). The van der Waals surface area contributed by atoms with Crippen molar-refractivity contribution in [3.05, 3.63) is 0 Å². The predicted molar refractivity (Wildman–Crippen MR) is 81.1 cm³/mol. The fourth-order valence-corrected chi connectivity index (χ4v) is 3.68. The number of rotatable bonds is 5. The maximum Gasteiger partial charge on any atom is 0.320 e. The third-order valence-corrected chi connectivity index (χ3v) is 4.93. The van der Waals surface area contributed by atoms with E-state index >= 15 is 0 Å². The molecule has 0 spiro atoms. The van der Waals surface area contributed by atoms with Crippen molar-refractivity contribution in [1.29, 1.82) is 0 Å². The number of carbonyl (C=O) groups is 2. The van der Waals surface area contributed by atoms with E-state index in [9.17, 15) is 14.7 Å². The van der Waals surface area contributed by atoms with Crippen molar-refractivity contribution in [2.75, 3.05) is 26.2 Å². The van der Waals surface area contributed by atoms with Gasteiger partial charge in [-0.05, 0) is 31.6 Å². The molecular weight excluding hydrogens is 268 g/mol. The highest BCUT2D eigenvalue weighted by Crippen LogP contribution is 2.28. The summed E-state index contributed by atoms with van der Waals surface area (Å²) in [7, 11) is 0. The molecule has 1 aliphatic heterocycles. The lowest BCUT2D eigenvalue weighted by molar-refractivity contribution is -0.143. The third kappa shape index (κ3) is 4.43. The lowest BCUT2D eigenvalue weighted by Gasteiger charge is -2.27. The van der Waals surface area contributed by atoms with Crippen LogP contribution in [-0.2, 0) is 9.59 Å². The summed E-state index contributed by atoms with van der Waals surface area (Å²) >= 11 is 0. The molecule has 1 amide bonds. The first-order chi connectivity index (χ1) is 10.1. The van der Waals surface area contributed by atoms with Crippen molar-refractivity contribution in [3.63, 3.8) is 0 Å². The summed E-state index contributed by atoms with van der Waals surface area (Å²) in [5, 5.41) is 9.26. The fourth-order valence-electron chi connectivity index (χ4n) is 3.68. The van der Waals surface area contributed by atoms with Gasteiger partial charge in [-0.2, -0.15) is 0 Å². The summed E-state index contributed by atoms with van der Waals surface area (Å²) in [6.07, 6.45) is 7.11. The molecule has 1 atom stereocenters. The summed E-state index contributed by atoms with van der Waals surface area (Å²) in [5.41, 5.74) is 0. The molecule has 1 N–H and O–H groups in total. The van der Waals surface area contributed by atoms with Crippen molar-refractivity contribution >= 4 is 11.9 Å². The minimum Gasteiger partial charge on any atom is -0.480 e. The highest BCUT2D eigenvalue weighted by molar-refractivity contribution is 5.76. The smallest absolute Gasteiger partial charge is 0.320 e. The molecule has 0 aromatic carbocycles. The van der Waals surface area contributed by atoms with E-state index in [1.807, 2.05) is 16.7 Å². The Bertz CT molecular complexity index is 367. The van der Waals surface area contributed by atoms with Crippen molar-refractivity contribution in [2.45, 2.75) is 57.9 Å². The molecule has 5 heteroatoms. The highest BCUT2D eigenvalue weighted by atomic mass is 16.4. The monoisotopic (exact) mass is 296 g/mol. The number of amides is 1. The molecule has 120 valence electrons. The largest absolute Gasteiger partial charge is 0.480 e. The minimum absolute atomic E-state index is 0.270. The van der Waals surface area contributed by atoms with E-state index in [4.69, 9.17) is 0 Å². The van der Waals surface area contributed by atoms with Gasteiger partial charge in [0.25, 0.3) is 0 Å². The van der Waals surface area contributed by atoms with Crippen molar-refractivity contribution < 1.29 is 14.7 Å². The zero-order chi connectivity index (χ0) is 15.2. The third-order valence-electron chi connectivity index (χ3n) is 4.93. The van der Waals surface area contributed by atoms with Crippen LogP contribution in [0.5, 0.6) is 0 Å². The highest BCUT2D eigenvalue weighted by Gasteiger charge is 2.28. The van der Waals surface area contributed by atoms with E-state index in [2.05, 4.69) is 0 Å². The number of hydrogen-bond acceptors (Lipinski definition) is 3. The average molecular weight is 296 g/mol. The van der Waals surface area contributed by atoms with Crippen LogP contribution in [0.15, 0.2) is 0 Å². The van der Waals surface area contributed by atoms with Crippen LogP contribution in [0.25, 0.3) is 0 Å². The van der Waals surface area contributed by atoms with Crippen LogP contribution in [0.4, 0.5) is 0 Å². The summed E-state index contributed by atoms with van der Waals surface area (Å²) < 4.78 is 0. The maximum absolute atomic E-state index is 12.4. The Kier molecular flexibility index (Phi) is 6.03. The molecule has 1 aliphatic carbocycles. The van der Waals surface area contributed by atoms with Crippen molar-refractivity contribution in [1.82, 2.24) is 9.80 Å². The van der Waals surface area contributed by atoms with Crippen molar-refractivity contribution in [3.8, 4) is 0 Å². The Morgan fingerprint density at radius 1 is 1.10 bits per heavy atom. The van der Waals surface area contributed by atoms with E-state index in [-0.39, 0.29) is 5.91 Å². The van der Waals surface area contributed by atoms with Crippen LogP contribution in [-0.4, -0.2) is 59.0 Å². The maximum atomic E-state index is 12.4. The lowest BCUT2D eigenvalue weighted by Crippen LogP contribution is -2.43. The first-order valence-corrected chi connectivity index (χ1v) is 8.36. The van der Waals surface area contributed by atoms with Gasteiger partial charge in [-0.1, -0.05) is 19.8 Å².